The Labute approximate surface area is 126 Å². The molecule has 6 nitrogen and oxygen atoms in total. The summed E-state index contributed by atoms with van der Waals surface area (Å²) in [6.45, 7) is 4.24. The van der Waals surface area contributed by atoms with E-state index in [0.29, 0.717) is 11.7 Å². The van der Waals surface area contributed by atoms with Crippen molar-refractivity contribution in [1.82, 2.24) is 9.97 Å². The summed E-state index contributed by atoms with van der Waals surface area (Å²) in [6, 6.07) is 7.36. The molecular weight excluding hydrogens is 294 g/mol. The van der Waals surface area contributed by atoms with Crippen molar-refractivity contribution < 1.29 is 9.66 Å². The molecular formula is C14H14ClN3O3. The summed E-state index contributed by atoms with van der Waals surface area (Å²) in [6.07, 6.45) is 2.16. The highest BCUT2D eigenvalue weighted by Crippen LogP contribution is 2.33. The number of rotatable bonds is 5. The highest BCUT2D eigenvalue weighted by Gasteiger charge is 2.23. The number of ether oxygens (including phenoxy) is 1. The number of benzene rings is 1. The molecule has 0 spiro atoms. The molecule has 2 rings (SSSR count). The average Bonchev–Trinajstić information content (AvgIpc) is 2.47. The van der Waals surface area contributed by atoms with Gasteiger partial charge in [-0.1, -0.05) is 37.6 Å². The number of nitrogens with zero attached hydrogens (tertiary/aromatic N) is 3. The second-order valence-corrected chi connectivity index (χ2v) is 4.91. The van der Waals surface area contributed by atoms with Crippen LogP contribution in [0.3, 0.4) is 0 Å². The standard InChI is InChI=1S/C14H14ClN3O3/c1-3-9(2)10-4-6-11(7-5-10)21-14-12(18(19)20)13(15)16-8-17-14/h4-9H,3H2,1-2H3. The lowest BCUT2D eigenvalue weighted by Crippen LogP contribution is -1.98. The normalized spacial score (nSPS) is 12.0. The predicted molar refractivity (Wildman–Crippen MR) is 78.9 cm³/mol. The first-order chi connectivity index (χ1) is 10.0. The molecule has 21 heavy (non-hydrogen) atoms. The van der Waals surface area contributed by atoms with Gasteiger partial charge in [-0.15, -0.1) is 0 Å². The van der Waals surface area contributed by atoms with E-state index >= 15 is 0 Å². The zero-order chi connectivity index (χ0) is 15.4. The van der Waals surface area contributed by atoms with Crippen LogP contribution in [0.1, 0.15) is 31.7 Å². The van der Waals surface area contributed by atoms with Crippen molar-refractivity contribution in [1.29, 1.82) is 0 Å². The summed E-state index contributed by atoms with van der Waals surface area (Å²) in [5.74, 6) is 0.734. The van der Waals surface area contributed by atoms with Gasteiger partial charge >= 0.3 is 11.6 Å². The average molecular weight is 308 g/mol. The number of aromatic nitrogens is 2. The van der Waals surface area contributed by atoms with E-state index in [9.17, 15) is 10.1 Å². The van der Waals surface area contributed by atoms with Crippen LogP contribution in [0, 0.1) is 10.1 Å². The summed E-state index contributed by atoms with van der Waals surface area (Å²) in [4.78, 5) is 17.7. The topological polar surface area (TPSA) is 78.2 Å². The Hall–Kier alpha value is -2.21. The third-order valence-corrected chi connectivity index (χ3v) is 3.48. The molecule has 1 atom stereocenters. The molecule has 0 aliphatic rings. The van der Waals surface area contributed by atoms with Gasteiger partial charge in [0.2, 0.25) is 5.15 Å². The first-order valence-corrected chi connectivity index (χ1v) is 6.83. The van der Waals surface area contributed by atoms with E-state index in [2.05, 4.69) is 23.8 Å². The van der Waals surface area contributed by atoms with Crippen molar-refractivity contribution in [2.75, 3.05) is 0 Å². The summed E-state index contributed by atoms with van der Waals surface area (Å²) in [5, 5.41) is 10.7. The highest BCUT2D eigenvalue weighted by molar-refractivity contribution is 6.31. The second-order valence-electron chi connectivity index (χ2n) is 4.56. The Bertz CT molecular complexity index is 646. The van der Waals surface area contributed by atoms with E-state index in [1.807, 2.05) is 12.1 Å². The van der Waals surface area contributed by atoms with Gasteiger partial charge in [0.05, 0.1) is 4.92 Å². The van der Waals surface area contributed by atoms with Crippen LogP contribution in [0.5, 0.6) is 11.6 Å². The summed E-state index contributed by atoms with van der Waals surface area (Å²) >= 11 is 5.70. The lowest BCUT2D eigenvalue weighted by molar-refractivity contribution is -0.386. The Morgan fingerprint density at radius 3 is 2.57 bits per heavy atom. The van der Waals surface area contributed by atoms with E-state index in [0.717, 1.165) is 12.7 Å². The molecule has 110 valence electrons. The monoisotopic (exact) mass is 307 g/mol. The van der Waals surface area contributed by atoms with Crippen molar-refractivity contribution >= 4 is 17.3 Å². The van der Waals surface area contributed by atoms with Gasteiger partial charge < -0.3 is 4.74 Å². The van der Waals surface area contributed by atoms with Crippen LogP contribution in [0.15, 0.2) is 30.6 Å². The first kappa shape index (κ1) is 15.2. The first-order valence-electron chi connectivity index (χ1n) is 6.45. The summed E-state index contributed by atoms with van der Waals surface area (Å²) in [7, 11) is 0. The van der Waals surface area contributed by atoms with Crippen molar-refractivity contribution in [3.63, 3.8) is 0 Å². The lowest BCUT2D eigenvalue weighted by Gasteiger charge is -2.10. The van der Waals surface area contributed by atoms with Gasteiger partial charge in [0.15, 0.2) is 0 Å². The number of hydrogen-bond acceptors (Lipinski definition) is 5. The summed E-state index contributed by atoms with van der Waals surface area (Å²) < 4.78 is 5.44. The van der Waals surface area contributed by atoms with E-state index in [-0.39, 0.29) is 11.0 Å². The molecule has 0 saturated heterocycles. The van der Waals surface area contributed by atoms with Crippen LogP contribution < -0.4 is 4.74 Å². The molecule has 1 unspecified atom stereocenters. The SMILES string of the molecule is CCC(C)c1ccc(Oc2ncnc(Cl)c2[N+](=O)[O-])cc1. The Kier molecular flexibility index (Phi) is 4.70. The molecule has 0 saturated carbocycles. The molecule has 0 radical (unpaired) electrons. The molecule has 0 fully saturated rings. The molecule has 0 N–H and O–H groups in total. The zero-order valence-electron chi connectivity index (χ0n) is 11.6. The molecule has 7 heteroatoms. The molecule has 0 amide bonds. The maximum atomic E-state index is 11.0. The van der Waals surface area contributed by atoms with Crippen LogP contribution in [0.25, 0.3) is 0 Å². The molecule has 2 aromatic rings. The van der Waals surface area contributed by atoms with Crippen LogP contribution >= 0.6 is 11.6 Å². The van der Waals surface area contributed by atoms with Crippen LogP contribution in [0.4, 0.5) is 5.69 Å². The van der Waals surface area contributed by atoms with Crippen molar-refractivity contribution in [3.05, 3.63) is 51.4 Å². The molecule has 1 heterocycles. The Morgan fingerprint density at radius 2 is 2.00 bits per heavy atom. The molecule has 0 aliphatic heterocycles. The van der Waals surface area contributed by atoms with Crippen LogP contribution in [0.2, 0.25) is 5.15 Å². The van der Waals surface area contributed by atoms with Crippen molar-refractivity contribution in [3.8, 4) is 11.6 Å². The number of halogens is 1. The molecule has 1 aromatic carbocycles. The Balaban J connectivity index is 2.27. The van der Waals surface area contributed by atoms with E-state index < -0.39 is 10.6 Å². The largest absolute Gasteiger partial charge is 0.434 e. The van der Waals surface area contributed by atoms with Crippen LogP contribution in [-0.2, 0) is 0 Å². The number of nitro groups is 1. The van der Waals surface area contributed by atoms with Gasteiger partial charge in [-0.3, -0.25) is 10.1 Å². The van der Waals surface area contributed by atoms with Gasteiger partial charge in [-0.2, -0.15) is 4.98 Å². The van der Waals surface area contributed by atoms with Gasteiger partial charge in [0, 0.05) is 0 Å². The van der Waals surface area contributed by atoms with E-state index in [4.69, 9.17) is 16.3 Å². The quantitative estimate of drug-likeness (QED) is 0.466. The van der Waals surface area contributed by atoms with Crippen molar-refractivity contribution in [2.45, 2.75) is 26.2 Å². The van der Waals surface area contributed by atoms with Crippen molar-refractivity contribution in [2.24, 2.45) is 0 Å². The highest BCUT2D eigenvalue weighted by atomic mass is 35.5. The fourth-order valence-electron chi connectivity index (χ4n) is 1.78. The Morgan fingerprint density at radius 1 is 1.33 bits per heavy atom. The smallest absolute Gasteiger partial charge is 0.368 e. The molecule has 0 aliphatic carbocycles. The van der Waals surface area contributed by atoms with Gasteiger partial charge in [0.25, 0.3) is 0 Å². The third-order valence-electron chi connectivity index (χ3n) is 3.20. The molecule has 0 bridgehead atoms. The summed E-state index contributed by atoms with van der Waals surface area (Å²) in [5.41, 5.74) is 0.741. The minimum Gasteiger partial charge on any atom is -0.434 e. The number of hydrogen-bond donors (Lipinski definition) is 0. The maximum Gasteiger partial charge on any atom is 0.368 e. The predicted octanol–water partition coefficient (Wildman–Crippen LogP) is 4.34. The third kappa shape index (κ3) is 3.46. The maximum absolute atomic E-state index is 11.0. The molecule has 1 aromatic heterocycles. The second kappa shape index (κ2) is 6.49. The van der Waals surface area contributed by atoms with E-state index in [1.165, 1.54) is 5.56 Å². The minimum atomic E-state index is -0.662. The van der Waals surface area contributed by atoms with E-state index in [1.54, 1.807) is 12.1 Å². The van der Waals surface area contributed by atoms with Gasteiger partial charge in [0.1, 0.15) is 12.1 Å². The van der Waals surface area contributed by atoms with Gasteiger partial charge in [-0.25, -0.2) is 4.98 Å². The van der Waals surface area contributed by atoms with Gasteiger partial charge in [-0.05, 0) is 30.0 Å². The zero-order valence-corrected chi connectivity index (χ0v) is 12.4. The lowest BCUT2D eigenvalue weighted by atomic mass is 9.99. The fourth-order valence-corrected chi connectivity index (χ4v) is 1.98. The minimum absolute atomic E-state index is 0.170. The van der Waals surface area contributed by atoms with Crippen LogP contribution in [-0.4, -0.2) is 14.9 Å². The fraction of sp³-hybridized carbons (Fsp3) is 0.286.